The summed E-state index contributed by atoms with van der Waals surface area (Å²) in [5, 5.41) is 19.5. The van der Waals surface area contributed by atoms with E-state index >= 15 is 0 Å². The molecule has 2 aromatic heterocycles. The Morgan fingerprint density at radius 3 is 2.44 bits per heavy atom. The number of allylic oxidation sites excluding steroid dienone is 1. The fraction of sp³-hybridized carbons (Fsp3) is 0.323. The number of aromatic hydroxyl groups is 1. The van der Waals surface area contributed by atoms with Crippen molar-refractivity contribution in [3.05, 3.63) is 73.6 Å². The Labute approximate surface area is 272 Å². The maximum absolute atomic E-state index is 14.9. The molecule has 1 saturated heterocycles. The third-order valence-corrected chi connectivity index (χ3v) is 9.04. The fourth-order valence-corrected chi connectivity index (χ4v) is 6.59. The van der Waals surface area contributed by atoms with Crippen molar-refractivity contribution in [2.24, 2.45) is 16.8 Å². The van der Waals surface area contributed by atoms with E-state index < -0.39 is 44.6 Å². The van der Waals surface area contributed by atoms with Crippen molar-refractivity contribution in [1.82, 2.24) is 14.5 Å². The van der Waals surface area contributed by atoms with Crippen LogP contribution in [0.3, 0.4) is 0 Å². The summed E-state index contributed by atoms with van der Waals surface area (Å²) in [6.45, 7) is 10.4. The molecule has 0 radical (unpaired) electrons. The minimum Gasteiger partial charge on any atom is -0.504 e. The zero-order valence-corrected chi connectivity index (χ0v) is 26.7. The predicted octanol–water partition coefficient (Wildman–Crippen LogP) is 6.52. The number of rotatable bonds is 5. The molecule has 1 aromatic carbocycles. The van der Waals surface area contributed by atoms with Crippen LogP contribution < -0.4 is 10.5 Å². The number of anilines is 1. The van der Waals surface area contributed by atoms with Gasteiger partial charge < -0.3 is 14.9 Å². The van der Waals surface area contributed by atoms with Crippen molar-refractivity contribution in [2.75, 3.05) is 31.1 Å². The first-order valence-corrected chi connectivity index (χ1v) is 15.1. The van der Waals surface area contributed by atoms with E-state index in [0.717, 1.165) is 0 Å². The number of hydrogen-bond donors (Lipinski definition) is 1. The third-order valence-electron chi connectivity index (χ3n) is 8.07. The number of nitrogens with zero attached hydrogens (tertiary/aromatic N) is 6. The van der Waals surface area contributed by atoms with Crippen LogP contribution in [0.2, 0.25) is 15.1 Å². The van der Waals surface area contributed by atoms with Crippen LogP contribution in [0.15, 0.2) is 40.8 Å². The number of benzene rings is 1. The number of carbonyl (C=O) groups excluding carboxylic acids is 1. The molecule has 14 heteroatoms. The van der Waals surface area contributed by atoms with Crippen molar-refractivity contribution in [3.63, 3.8) is 0 Å². The highest BCUT2D eigenvalue weighted by Crippen LogP contribution is 2.46. The Morgan fingerprint density at radius 2 is 1.84 bits per heavy atom. The zero-order valence-electron chi connectivity index (χ0n) is 24.4. The van der Waals surface area contributed by atoms with Gasteiger partial charge in [-0.3, -0.25) is 19.1 Å². The summed E-state index contributed by atoms with van der Waals surface area (Å²) in [7, 11) is 0. The molecule has 45 heavy (non-hydrogen) atoms. The molecule has 0 bridgehead atoms. The van der Waals surface area contributed by atoms with Gasteiger partial charge in [-0.25, -0.2) is 13.8 Å². The monoisotopic (exact) mass is 674 g/mol. The van der Waals surface area contributed by atoms with Gasteiger partial charge >= 0.3 is 0 Å². The lowest BCUT2D eigenvalue weighted by atomic mass is 9.88. The zero-order chi connectivity index (χ0) is 32.9. The largest absolute Gasteiger partial charge is 0.504 e. The van der Waals surface area contributed by atoms with E-state index in [9.17, 15) is 28.7 Å². The second-order valence-electron chi connectivity index (χ2n) is 11.1. The molecule has 1 fully saturated rings. The van der Waals surface area contributed by atoms with Crippen LogP contribution in [0.4, 0.5) is 14.5 Å². The third kappa shape index (κ3) is 5.35. The Balaban J connectivity index is 1.88. The van der Waals surface area contributed by atoms with Crippen LogP contribution in [0.25, 0.3) is 22.3 Å². The van der Waals surface area contributed by atoms with Gasteiger partial charge in [0.2, 0.25) is 5.91 Å². The highest BCUT2D eigenvalue weighted by atomic mass is 35.5. The van der Waals surface area contributed by atoms with Gasteiger partial charge in [-0.15, -0.1) is 0 Å². The second kappa shape index (κ2) is 12.4. The summed E-state index contributed by atoms with van der Waals surface area (Å²) in [4.78, 5) is 39.2. The molecule has 4 heterocycles. The molecule has 1 unspecified atom stereocenters. The van der Waals surface area contributed by atoms with Gasteiger partial charge in [0, 0.05) is 49.4 Å². The van der Waals surface area contributed by atoms with Crippen molar-refractivity contribution >= 4 is 63.1 Å². The van der Waals surface area contributed by atoms with Crippen molar-refractivity contribution in [2.45, 2.75) is 26.8 Å². The van der Waals surface area contributed by atoms with Crippen LogP contribution in [0.5, 0.6) is 5.75 Å². The summed E-state index contributed by atoms with van der Waals surface area (Å²) in [6, 6.07) is 2.79. The van der Waals surface area contributed by atoms with Gasteiger partial charge in [0.05, 0.1) is 33.0 Å². The molecule has 0 saturated carbocycles. The van der Waals surface area contributed by atoms with Crippen molar-refractivity contribution in [3.8, 4) is 23.1 Å². The molecule has 0 spiro atoms. The number of nitriles is 1. The van der Waals surface area contributed by atoms with Crippen LogP contribution >= 0.6 is 34.8 Å². The molecule has 2 atom stereocenters. The number of pyridine rings is 2. The average molecular weight is 676 g/mol. The van der Waals surface area contributed by atoms with Gasteiger partial charge in [0.25, 0.3) is 5.56 Å². The molecular weight excluding hydrogens is 649 g/mol. The van der Waals surface area contributed by atoms with E-state index in [1.54, 1.807) is 16.0 Å². The topological polar surface area (TPSA) is 115 Å². The summed E-state index contributed by atoms with van der Waals surface area (Å²) in [6.07, 6.45) is 4.68. The molecule has 5 rings (SSSR count). The lowest BCUT2D eigenvalue weighted by Crippen LogP contribution is -2.49. The van der Waals surface area contributed by atoms with E-state index in [0.29, 0.717) is 24.2 Å². The lowest BCUT2D eigenvalue weighted by molar-refractivity contribution is -0.126. The van der Waals surface area contributed by atoms with E-state index in [-0.39, 0.29) is 58.4 Å². The first kappa shape index (κ1) is 32.4. The molecule has 0 aliphatic carbocycles. The fourth-order valence-electron chi connectivity index (χ4n) is 5.84. The molecule has 234 valence electrons. The number of aliphatic imine (C=N–C) groups is 1. The van der Waals surface area contributed by atoms with E-state index in [1.165, 1.54) is 16.7 Å². The normalized spacial score (nSPS) is 18.4. The number of phenols is 1. The van der Waals surface area contributed by atoms with Crippen LogP contribution in [0.1, 0.15) is 32.4 Å². The molecule has 2 aliphatic rings. The number of amides is 1. The first-order valence-electron chi connectivity index (χ1n) is 14.0. The summed E-state index contributed by atoms with van der Waals surface area (Å²) in [5.41, 5.74) is -0.812. The van der Waals surface area contributed by atoms with Gasteiger partial charge in [0.15, 0.2) is 17.4 Å². The number of halogens is 5. The molecule has 9 nitrogen and oxygen atoms in total. The van der Waals surface area contributed by atoms with Crippen molar-refractivity contribution in [1.29, 1.82) is 5.26 Å². The smallest absolute Gasteiger partial charge is 0.272 e. The molecule has 1 N–H and O–H groups in total. The highest BCUT2D eigenvalue weighted by Gasteiger charge is 2.35. The number of piperazine rings is 1. The number of hydrogen-bond acceptors (Lipinski definition) is 7. The van der Waals surface area contributed by atoms with Crippen LogP contribution in [0, 0.1) is 34.8 Å². The average Bonchev–Trinajstić information content (AvgIpc) is 3.02. The van der Waals surface area contributed by atoms with Crippen LogP contribution in [-0.2, 0) is 4.79 Å². The quantitative estimate of drug-likeness (QED) is 0.187. The first-order chi connectivity index (χ1) is 21.3. The Morgan fingerprint density at radius 1 is 1.18 bits per heavy atom. The Kier molecular flexibility index (Phi) is 8.95. The van der Waals surface area contributed by atoms with E-state index in [1.807, 2.05) is 26.8 Å². The van der Waals surface area contributed by atoms with Gasteiger partial charge in [-0.2, -0.15) is 5.26 Å². The Hall–Kier alpha value is -3.98. The van der Waals surface area contributed by atoms with Crippen LogP contribution in [-0.4, -0.2) is 57.4 Å². The lowest BCUT2D eigenvalue weighted by Gasteiger charge is -2.37. The van der Waals surface area contributed by atoms with E-state index in [2.05, 4.69) is 22.6 Å². The Bertz CT molecular complexity index is 1900. The van der Waals surface area contributed by atoms with Gasteiger partial charge in [-0.1, -0.05) is 68.2 Å². The molecule has 1 amide bonds. The van der Waals surface area contributed by atoms with Gasteiger partial charge in [0.1, 0.15) is 22.3 Å². The molecular formula is C31H27Cl3F2N6O3. The second-order valence-corrected chi connectivity index (χ2v) is 12.2. The number of phenolic OH excluding ortho intramolecular Hbond substituents is 1. The minimum absolute atomic E-state index is 0.0183. The summed E-state index contributed by atoms with van der Waals surface area (Å²) in [5.74, 6) is -4.51. The van der Waals surface area contributed by atoms with E-state index in [4.69, 9.17) is 34.8 Å². The SMILES string of the molecule is C=CC(=O)N1CCN(c2c(C#N)c(=O)n(C3C(C(C)C)=NC=C[C@H]3C)c3nc(-c4c(O)c(F)c(Cl)c(F)c4Cl)c(Cl)cc23)CC1. The predicted molar refractivity (Wildman–Crippen MR) is 171 cm³/mol. The minimum atomic E-state index is -1.46. The number of aromatic nitrogens is 2. The highest BCUT2D eigenvalue weighted by molar-refractivity contribution is 6.39. The van der Waals surface area contributed by atoms with Crippen molar-refractivity contribution < 1.29 is 18.7 Å². The van der Waals surface area contributed by atoms with Gasteiger partial charge in [-0.05, 0) is 18.1 Å². The maximum atomic E-state index is 14.9. The standard InChI is InChI=1S/C31H27Cl3F2N6O3/c1-5-19(43)40-8-10-41(11-9-40)28-16-12-18(32)26(20-21(33)23(35)22(34)24(36)29(20)44)39-30(16)42(31(45)17(28)13-37)27-15(4)6-7-38-25(27)14(2)3/h5-7,12,14-15,27,44H,1,8-11H2,2-4H3/t15-,27?/m1/s1. The summed E-state index contributed by atoms with van der Waals surface area (Å²) < 4.78 is 31.0. The molecule has 3 aromatic rings. The maximum Gasteiger partial charge on any atom is 0.272 e. The molecule has 2 aliphatic heterocycles. The summed E-state index contributed by atoms with van der Waals surface area (Å²) >= 11 is 18.6. The number of carbonyl (C=O) groups is 1. The number of fused-ring (bicyclic) bond motifs is 1.